The number of ketones is 1. The highest BCUT2D eigenvalue weighted by molar-refractivity contribution is 7.78. The number of halogens is 2. The molecule has 4 aromatic rings. The van der Waals surface area contributed by atoms with Crippen LogP contribution in [0.4, 0.5) is 0 Å². The fourth-order valence-corrected chi connectivity index (χ4v) is 6.16. The van der Waals surface area contributed by atoms with Gasteiger partial charge in [-0.15, -0.1) is 0 Å². The number of aromatic nitrogens is 1. The largest absolute Gasteiger partial charge is 0.470 e. The van der Waals surface area contributed by atoms with Gasteiger partial charge in [-0.25, -0.2) is 4.98 Å². The van der Waals surface area contributed by atoms with Crippen molar-refractivity contribution in [1.82, 2.24) is 9.29 Å². The Morgan fingerprint density at radius 2 is 1.81 bits per heavy atom. The van der Waals surface area contributed by atoms with E-state index < -0.39 is 17.4 Å². The summed E-state index contributed by atoms with van der Waals surface area (Å²) in [6.45, 7) is 1.92. The Morgan fingerprint density at radius 3 is 2.51 bits per heavy atom. The number of nitrogens with zero attached hydrogens (tertiary/aromatic N) is 2. The SMILES string of the molecule is CC(Oc1cccc(C2(c3ccsc3)CC(=O)C(c3ccccc3Cl)C(=O)N2S)n1)c1ccc(Cl)cc1. The zero-order valence-corrected chi connectivity index (χ0v) is 22.9. The van der Waals surface area contributed by atoms with Gasteiger partial charge in [-0.05, 0) is 64.7 Å². The second kappa shape index (κ2) is 10.5. The molecule has 0 aliphatic carbocycles. The molecule has 1 amide bonds. The molecule has 2 aromatic heterocycles. The Hall–Kier alpha value is -2.84. The lowest BCUT2D eigenvalue weighted by Gasteiger charge is -2.45. The molecule has 1 aliphatic heterocycles. The fraction of sp³-hybridized carbons (Fsp3) is 0.179. The van der Waals surface area contributed by atoms with Crippen molar-refractivity contribution in [3.05, 3.63) is 116 Å². The number of thiophene rings is 1. The first kappa shape index (κ1) is 25.8. The van der Waals surface area contributed by atoms with Crippen molar-refractivity contribution in [2.24, 2.45) is 0 Å². The van der Waals surface area contributed by atoms with E-state index in [2.05, 4.69) is 12.8 Å². The quantitative estimate of drug-likeness (QED) is 0.196. The van der Waals surface area contributed by atoms with Gasteiger partial charge >= 0.3 is 0 Å². The van der Waals surface area contributed by atoms with Gasteiger partial charge in [0.1, 0.15) is 17.6 Å². The van der Waals surface area contributed by atoms with Gasteiger partial charge in [0, 0.05) is 22.5 Å². The van der Waals surface area contributed by atoms with Gasteiger partial charge in [0.15, 0.2) is 5.78 Å². The van der Waals surface area contributed by atoms with E-state index in [1.165, 1.54) is 15.6 Å². The molecule has 0 bridgehead atoms. The molecule has 188 valence electrons. The molecule has 5 rings (SSSR count). The van der Waals surface area contributed by atoms with Gasteiger partial charge in [0.2, 0.25) is 11.8 Å². The number of thiol groups is 1. The first-order valence-electron chi connectivity index (χ1n) is 11.5. The minimum Gasteiger partial charge on any atom is -0.470 e. The maximum Gasteiger partial charge on any atom is 0.248 e. The summed E-state index contributed by atoms with van der Waals surface area (Å²) in [7, 11) is 0. The summed E-state index contributed by atoms with van der Waals surface area (Å²) >= 11 is 18.5. The molecule has 9 heteroatoms. The van der Waals surface area contributed by atoms with Crippen LogP contribution < -0.4 is 4.74 Å². The van der Waals surface area contributed by atoms with Crippen molar-refractivity contribution in [2.75, 3.05) is 0 Å². The summed E-state index contributed by atoms with van der Waals surface area (Å²) in [6.07, 6.45) is -0.318. The van der Waals surface area contributed by atoms with Crippen LogP contribution in [0.1, 0.15) is 47.8 Å². The molecule has 0 N–H and O–H groups in total. The van der Waals surface area contributed by atoms with Crippen LogP contribution in [0.25, 0.3) is 0 Å². The number of benzene rings is 2. The predicted molar refractivity (Wildman–Crippen MR) is 149 cm³/mol. The Morgan fingerprint density at radius 1 is 1.05 bits per heavy atom. The summed E-state index contributed by atoms with van der Waals surface area (Å²) in [5.41, 5.74) is 1.44. The minimum absolute atomic E-state index is 0.0158. The number of piperidine rings is 1. The Labute approximate surface area is 234 Å². The molecule has 3 unspecified atom stereocenters. The molecule has 0 spiro atoms. The molecule has 3 atom stereocenters. The smallest absolute Gasteiger partial charge is 0.248 e. The minimum atomic E-state index is -1.21. The first-order valence-corrected chi connectivity index (χ1v) is 13.6. The molecule has 2 aromatic carbocycles. The second-order valence-corrected chi connectivity index (χ2v) is 10.8. The number of hydrogen-bond acceptors (Lipinski definition) is 6. The Kier molecular flexibility index (Phi) is 7.32. The number of pyridine rings is 1. The van der Waals surface area contributed by atoms with Crippen molar-refractivity contribution >= 4 is 59.0 Å². The van der Waals surface area contributed by atoms with Gasteiger partial charge in [0.25, 0.3) is 0 Å². The highest BCUT2D eigenvalue weighted by Gasteiger charge is 2.53. The van der Waals surface area contributed by atoms with Crippen LogP contribution in [-0.4, -0.2) is 21.0 Å². The van der Waals surface area contributed by atoms with Crippen LogP contribution in [0.5, 0.6) is 5.88 Å². The van der Waals surface area contributed by atoms with Crippen molar-refractivity contribution in [3.8, 4) is 5.88 Å². The maximum atomic E-state index is 13.8. The van der Waals surface area contributed by atoms with E-state index in [-0.39, 0.29) is 18.3 Å². The number of carbonyl (C=O) groups is 2. The van der Waals surface area contributed by atoms with Crippen LogP contribution in [0.15, 0.2) is 83.6 Å². The summed E-state index contributed by atoms with van der Waals surface area (Å²) in [4.78, 5) is 32.2. The normalized spacial score (nSPS) is 20.6. The number of Topliss-reactive ketones (excluding diaryl/α,β-unsaturated/α-hetero) is 1. The number of rotatable bonds is 6. The molecule has 1 fully saturated rings. The molecular weight excluding hydrogens is 547 g/mol. The topological polar surface area (TPSA) is 59.5 Å². The van der Waals surface area contributed by atoms with Crippen LogP contribution in [-0.2, 0) is 15.1 Å². The van der Waals surface area contributed by atoms with E-state index in [0.717, 1.165) is 11.1 Å². The second-order valence-electron chi connectivity index (χ2n) is 8.79. The van der Waals surface area contributed by atoms with Crippen LogP contribution >= 0.6 is 47.4 Å². The van der Waals surface area contributed by atoms with Gasteiger partial charge in [-0.2, -0.15) is 11.3 Å². The van der Waals surface area contributed by atoms with Crippen molar-refractivity contribution < 1.29 is 14.3 Å². The van der Waals surface area contributed by atoms with E-state index in [9.17, 15) is 9.59 Å². The standard InChI is InChI=1S/C28H22Cl2N2O3S2/c1-17(18-9-11-20(29)12-10-18)35-25-8-4-7-24(31-25)28(19-13-14-37-16-19)15-23(33)26(27(34)32(28)36)21-5-2-3-6-22(21)30/h2-14,16-17,26,36H,15H2,1H3. The molecule has 37 heavy (non-hydrogen) atoms. The number of hydrogen-bond donors (Lipinski definition) is 1. The number of carbonyl (C=O) groups excluding carboxylic acids is 2. The van der Waals surface area contributed by atoms with E-state index in [4.69, 9.17) is 32.9 Å². The summed E-state index contributed by atoms with van der Waals surface area (Å²) in [6, 6.07) is 21.5. The molecule has 0 radical (unpaired) electrons. The zero-order chi connectivity index (χ0) is 26.2. The lowest BCUT2D eigenvalue weighted by molar-refractivity contribution is -0.142. The monoisotopic (exact) mass is 568 g/mol. The van der Waals surface area contributed by atoms with E-state index in [1.807, 2.05) is 35.9 Å². The maximum absolute atomic E-state index is 13.8. The Bertz CT molecular complexity index is 1450. The zero-order valence-electron chi connectivity index (χ0n) is 19.7. The lowest BCUT2D eigenvalue weighted by Crippen LogP contribution is -2.54. The highest BCUT2D eigenvalue weighted by Crippen LogP contribution is 2.48. The van der Waals surface area contributed by atoms with Crippen LogP contribution in [0.3, 0.4) is 0 Å². The third-order valence-corrected chi connectivity index (χ3v) is 8.39. The van der Waals surface area contributed by atoms with Crippen molar-refractivity contribution in [1.29, 1.82) is 0 Å². The Balaban J connectivity index is 1.54. The van der Waals surface area contributed by atoms with E-state index >= 15 is 0 Å². The lowest BCUT2D eigenvalue weighted by atomic mass is 9.75. The van der Waals surface area contributed by atoms with Gasteiger partial charge in [-0.1, -0.05) is 72.4 Å². The van der Waals surface area contributed by atoms with E-state index in [1.54, 1.807) is 54.6 Å². The summed E-state index contributed by atoms with van der Waals surface area (Å²) in [5.74, 6) is -1.38. The molecule has 5 nitrogen and oxygen atoms in total. The fourth-order valence-electron chi connectivity index (χ4n) is 4.66. The predicted octanol–water partition coefficient (Wildman–Crippen LogP) is 7.26. The van der Waals surface area contributed by atoms with Gasteiger partial charge < -0.3 is 4.74 Å². The van der Waals surface area contributed by atoms with Gasteiger partial charge in [-0.3, -0.25) is 13.9 Å². The third kappa shape index (κ3) is 4.77. The molecular formula is C28H22Cl2N2O3S2. The third-order valence-electron chi connectivity index (χ3n) is 6.57. The van der Waals surface area contributed by atoms with E-state index in [0.29, 0.717) is 27.2 Å². The molecule has 1 aliphatic rings. The number of ether oxygens (including phenoxy) is 1. The van der Waals surface area contributed by atoms with Crippen molar-refractivity contribution in [2.45, 2.75) is 30.9 Å². The van der Waals surface area contributed by atoms with Crippen molar-refractivity contribution in [3.63, 3.8) is 0 Å². The van der Waals surface area contributed by atoms with Gasteiger partial charge in [0.05, 0.1) is 5.69 Å². The van der Waals surface area contributed by atoms with Crippen LogP contribution in [0, 0.1) is 0 Å². The average molecular weight is 570 g/mol. The molecule has 0 saturated carbocycles. The summed E-state index contributed by atoms with van der Waals surface area (Å²) < 4.78 is 7.48. The van der Waals surface area contributed by atoms with Crippen LogP contribution in [0.2, 0.25) is 10.0 Å². The summed E-state index contributed by atoms with van der Waals surface area (Å²) in [5, 5.41) is 4.81. The average Bonchev–Trinajstić information content (AvgIpc) is 3.43. The highest BCUT2D eigenvalue weighted by atomic mass is 35.5. The molecule has 1 saturated heterocycles. The molecule has 3 heterocycles. The first-order chi connectivity index (χ1) is 17.8. The number of amides is 1.